The number of nitrogens with one attached hydrogen (secondary N) is 1. The lowest BCUT2D eigenvalue weighted by molar-refractivity contribution is -0.138. The van der Waals surface area contributed by atoms with Crippen molar-refractivity contribution in [1.82, 2.24) is 38.8 Å². The molecule has 0 amide bonds. The maximum Gasteiger partial charge on any atom is 0.418 e. The van der Waals surface area contributed by atoms with Gasteiger partial charge in [0.1, 0.15) is 17.1 Å². The monoisotopic (exact) mass is 563 g/mol. The van der Waals surface area contributed by atoms with Gasteiger partial charge in [0.15, 0.2) is 17.0 Å². The molecule has 0 saturated carbocycles. The summed E-state index contributed by atoms with van der Waals surface area (Å²) in [6.45, 7) is 2.46. The number of anilines is 1. The predicted octanol–water partition coefficient (Wildman–Crippen LogP) is 1.91. The van der Waals surface area contributed by atoms with Crippen molar-refractivity contribution in [2.75, 3.05) is 5.32 Å². The summed E-state index contributed by atoms with van der Waals surface area (Å²) in [7, 11) is 1.45. The molecule has 39 heavy (non-hydrogen) atoms. The molecule has 0 aliphatic carbocycles. The van der Waals surface area contributed by atoms with Crippen molar-refractivity contribution >= 4 is 28.3 Å². The lowest BCUT2D eigenvalue weighted by atomic mass is 10.1. The van der Waals surface area contributed by atoms with Crippen molar-refractivity contribution in [3.8, 4) is 10.6 Å². The molecule has 0 bridgehead atoms. The second-order valence-corrected chi connectivity index (χ2v) is 9.44. The molecule has 0 radical (unpaired) electrons. The largest absolute Gasteiger partial charge is 0.418 e. The van der Waals surface area contributed by atoms with Crippen LogP contribution in [0.4, 0.5) is 19.0 Å². The van der Waals surface area contributed by atoms with Gasteiger partial charge in [0, 0.05) is 36.8 Å². The van der Waals surface area contributed by atoms with Gasteiger partial charge in [-0.1, -0.05) is 5.16 Å². The van der Waals surface area contributed by atoms with Crippen LogP contribution in [0.2, 0.25) is 0 Å². The maximum atomic E-state index is 13.3. The Balaban J connectivity index is 1.38. The number of hydrogen-bond donors (Lipinski definition) is 2. The van der Waals surface area contributed by atoms with Gasteiger partial charge in [-0.2, -0.15) is 18.2 Å². The van der Waals surface area contributed by atoms with E-state index < -0.39 is 29.2 Å². The molecular weight excluding hydrogens is 543 g/mol. The van der Waals surface area contributed by atoms with Crippen molar-refractivity contribution in [2.24, 2.45) is 7.05 Å². The fourth-order valence-electron chi connectivity index (χ4n) is 3.96. The average molecular weight is 564 g/mol. The van der Waals surface area contributed by atoms with Crippen LogP contribution < -0.4 is 16.6 Å². The van der Waals surface area contributed by atoms with Crippen molar-refractivity contribution in [2.45, 2.75) is 39.3 Å². The van der Waals surface area contributed by atoms with Gasteiger partial charge in [0.2, 0.25) is 5.89 Å². The number of alkyl halides is 3. The summed E-state index contributed by atoms with van der Waals surface area (Å²) in [6.07, 6.45) is -3.22. The summed E-state index contributed by atoms with van der Waals surface area (Å²) in [4.78, 5) is 42.2. The fraction of sp³-hybridized carbons (Fsp3) is 0.318. The molecule has 0 aliphatic rings. The number of imidazole rings is 1. The van der Waals surface area contributed by atoms with Gasteiger partial charge in [-0.25, -0.2) is 14.8 Å². The number of aliphatic hydroxyl groups excluding tert-OH is 1. The van der Waals surface area contributed by atoms with Gasteiger partial charge >= 0.3 is 11.9 Å². The molecule has 1 unspecified atom stereocenters. The van der Waals surface area contributed by atoms with E-state index in [4.69, 9.17) is 4.52 Å². The lowest BCUT2D eigenvalue weighted by Crippen LogP contribution is -2.40. The molecule has 5 aromatic heterocycles. The normalized spacial score (nSPS) is 12.8. The zero-order valence-corrected chi connectivity index (χ0v) is 21.4. The molecule has 1 atom stereocenters. The zero-order chi connectivity index (χ0) is 28.1. The Labute approximate surface area is 220 Å². The highest BCUT2D eigenvalue weighted by atomic mass is 32.1. The highest BCUT2D eigenvalue weighted by Gasteiger charge is 2.33. The van der Waals surface area contributed by atoms with Crippen molar-refractivity contribution < 1.29 is 22.8 Å². The van der Waals surface area contributed by atoms with Crippen LogP contribution in [0.3, 0.4) is 0 Å². The Hall–Kier alpha value is -4.38. The van der Waals surface area contributed by atoms with Gasteiger partial charge in [-0.05, 0) is 13.0 Å². The molecule has 0 fully saturated rings. The van der Waals surface area contributed by atoms with Crippen molar-refractivity contribution in [1.29, 1.82) is 0 Å². The second kappa shape index (κ2) is 9.73. The molecule has 17 heteroatoms. The van der Waals surface area contributed by atoms with Crippen LogP contribution in [0.25, 0.3) is 21.7 Å². The molecule has 0 aliphatic heterocycles. The number of hydrogen-bond acceptors (Lipinski definition) is 11. The number of halogens is 3. The highest BCUT2D eigenvalue weighted by molar-refractivity contribution is 7.13. The Morgan fingerprint density at radius 2 is 1.97 bits per heavy atom. The van der Waals surface area contributed by atoms with Crippen LogP contribution in [-0.4, -0.2) is 50.1 Å². The molecule has 13 nitrogen and oxygen atoms in total. The van der Waals surface area contributed by atoms with Gasteiger partial charge in [0.05, 0.1) is 25.0 Å². The lowest BCUT2D eigenvalue weighted by Gasteiger charge is -2.14. The Kier molecular flexibility index (Phi) is 6.55. The van der Waals surface area contributed by atoms with Crippen molar-refractivity contribution in [3.63, 3.8) is 0 Å². The molecule has 5 aromatic rings. The molecule has 2 N–H and O–H groups in total. The van der Waals surface area contributed by atoms with Gasteiger partial charge in [-0.15, -0.1) is 11.3 Å². The Morgan fingerprint density at radius 3 is 2.67 bits per heavy atom. The van der Waals surface area contributed by atoms with Crippen LogP contribution in [0.1, 0.15) is 23.0 Å². The van der Waals surface area contributed by atoms with E-state index in [1.54, 1.807) is 6.92 Å². The number of aliphatic hydroxyl groups is 1. The summed E-state index contributed by atoms with van der Waals surface area (Å²) in [5.41, 5.74) is -1.95. The number of nitrogens with zero attached hydrogens (tertiary/aromatic N) is 8. The molecule has 0 spiro atoms. The number of fused-ring (bicyclic) bond motifs is 1. The first kappa shape index (κ1) is 26.2. The first-order valence-electron chi connectivity index (χ1n) is 11.3. The molecule has 0 aromatic carbocycles. The topological polar surface area (TPSA) is 159 Å². The predicted molar refractivity (Wildman–Crippen MR) is 132 cm³/mol. The summed E-state index contributed by atoms with van der Waals surface area (Å²) < 4.78 is 48.2. The first-order valence-corrected chi connectivity index (χ1v) is 12.2. The summed E-state index contributed by atoms with van der Waals surface area (Å²) >= 11 is 1.07. The van der Waals surface area contributed by atoms with E-state index in [9.17, 15) is 27.9 Å². The van der Waals surface area contributed by atoms with E-state index >= 15 is 0 Å². The van der Waals surface area contributed by atoms with Crippen LogP contribution in [0.15, 0.2) is 38.1 Å². The van der Waals surface area contributed by atoms with Crippen LogP contribution in [0.5, 0.6) is 0 Å². The minimum atomic E-state index is -4.55. The number of aromatic nitrogens is 8. The standard InChI is InChI=1S/C22H20F3N9O4S/c1-10-13(22(23,24)25)4-12(5-26-10)19-30-15(8-39-19)29-16(35)7-33-9-27-18-17(33)20(36)34(21(37)32(18)3)6-14-28-11(2)38-31-14/h4-5,8-9,16,29,35H,6-7H2,1-3H3. The van der Waals surface area contributed by atoms with E-state index in [-0.39, 0.29) is 58.1 Å². The van der Waals surface area contributed by atoms with Crippen LogP contribution in [0, 0.1) is 13.8 Å². The third-order valence-electron chi connectivity index (χ3n) is 5.80. The average Bonchev–Trinajstić information content (AvgIpc) is 3.60. The number of pyridine rings is 1. The third kappa shape index (κ3) is 5.05. The molecule has 5 heterocycles. The quantitative estimate of drug-likeness (QED) is 0.280. The van der Waals surface area contributed by atoms with Gasteiger partial charge in [-0.3, -0.25) is 18.9 Å². The van der Waals surface area contributed by atoms with E-state index in [1.165, 1.54) is 41.0 Å². The smallest absolute Gasteiger partial charge is 0.372 e. The summed E-state index contributed by atoms with van der Waals surface area (Å²) in [5, 5.41) is 18.9. The third-order valence-corrected chi connectivity index (χ3v) is 6.69. The minimum absolute atomic E-state index is 0.0579. The van der Waals surface area contributed by atoms with E-state index in [1.807, 2.05) is 0 Å². The number of aryl methyl sites for hydroxylation is 3. The summed E-state index contributed by atoms with van der Waals surface area (Å²) in [5.74, 6) is 0.627. The minimum Gasteiger partial charge on any atom is -0.372 e. The van der Waals surface area contributed by atoms with E-state index in [0.29, 0.717) is 0 Å². The molecule has 204 valence electrons. The molecular formula is C22H20F3N9O4S. The zero-order valence-electron chi connectivity index (χ0n) is 20.6. The first-order chi connectivity index (χ1) is 18.4. The van der Waals surface area contributed by atoms with Crippen LogP contribution in [-0.2, 0) is 26.3 Å². The fourth-order valence-corrected chi connectivity index (χ4v) is 4.70. The maximum absolute atomic E-state index is 13.3. The van der Waals surface area contributed by atoms with Crippen molar-refractivity contribution in [3.05, 3.63) is 67.8 Å². The Morgan fingerprint density at radius 1 is 1.21 bits per heavy atom. The second-order valence-electron chi connectivity index (χ2n) is 8.58. The van der Waals surface area contributed by atoms with Gasteiger partial charge in [0.25, 0.3) is 5.56 Å². The molecule has 5 rings (SSSR count). The van der Waals surface area contributed by atoms with E-state index in [0.717, 1.165) is 22.0 Å². The van der Waals surface area contributed by atoms with Crippen LogP contribution >= 0.6 is 11.3 Å². The van der Waals surface area contributed by atoms with Gasteiger partial charge < -0.3 is 19.5 Å². The Bertz CT molecular complexity index is 1800. The number of thiazole rings is 1. The highest BCUT2D eigenvalue weighted by Crippen LogP contribution is 2.34. The molecule has 0 saturated heterocycles. The van der Waals surface area contributed by atoms with E-state index in [2.05, 4.69) is 30.4 Å². The SMILES string of the molecule is Cc1nc(Cn2c(=O)c3c(ncn3CC(O)Nc3csc(-c4cnc(C)c(C(F)(F)F)c4)n3)n(C)c2=O)no1. The summed E-state index contributed by atoms with van der Waals surface area (Å²) in [6, 6.07) is 0.976. The number of rotatable bonds is 7.